The van der Waals surface area contributed by atoms with Gasteiger partial charge in [-0.2, -0.15) is 4.39 Å². The Morgan fingerprint density at radius 2 is 2.00 bits per heavy atom. The van der Waals surface area contributed by atoms with Gasteiger partial charge in [-0.05, 0) is 20.8 Å². The van der Waals surface area contributed by atoms with E-state index >= 15 is 0 Å². The molecule has 1 atom stereocenters. The number of carbonyl (C=O) groups excluding carboxylic acids is 1. The number of aliphatic hydroxyl groups is 1. The van der Waals surface area contributed by atoms with E-state index < -0.39 is 46.6 Å². The van der Waals surface area contributed by atoms with Crippen molar-refractivity contribution in [3.8, 4) is 0 Å². The van der Waals surface area contributed by atoms with Crippen molar-refractivity contribution >= 4 is 17.5 Å². The average Bonchev–Trinajstić information content (AvgIpc) is 2.54. The Hall–Kier alpha value is -2.49. The zero-order valence-corrected chi connectivity index (χ0v) is 14.7. The van der Waals surface area contributed by atoms with Gasteiger partial charge in [0.05, 0.1) is 29.3 Å². The molecular weight excluding hydrogens is 352 g/mol. The Morgan fingerprint density at radius 3 is 2.54 bits per heavy atom. The maximum absolute atomic E-state index is 14.3. The topological polar surface area (TPSA) is 96.2 Å². The summed E-state index contributed by atoms with van der Waals surface area (Å²) in [6.07, 6.45) is -0.564. The van der Waals surface area contributed by atoms with Crippen LogP contribution in [0.15, 0.2) is 12.1 Å². The first-order valence-electron chi connectivity index (χ1n) is 8.02. The number of carbonyl (C=O) groups is 1. The zero-order chi connectivity index (χ0) is 19.6. The van der Waals surface area contributed by atoms with Crippen LogP contribution in [0.4, 0.5) is 25.0 Å². The third kappa shape index (κ3) is 4.37. The molecule has 1 aliphatic heterocycles. The van der Waals surface area contributed by atoms with Gasteiger partial charge in [-0.3, -0.25) is 10.1 Å². The summed E-state index contributed by atoms with van der Waals surface area (Å²) in [4.78, 5) is 24.6. The summed E-state index contributed by atoms with van der Waals surface area (Å²) in [6.45, 7) is 5.07. The minimum Gasteiger partial charge on any atom is -0.444 e. The van der Waals surface area contributed by atoms with E-state index in [9.17, 15) is 28.8 Å². The second-order valence-electron chi connectivity index (χ2n) is 6.97. The van der Waals surface area contributed by atoms with Crippen molar-refractivity contribution in [1.82, 2.24) is 4.90 Å². The maximum atomic E-state index is 14.3. The van der Waals surface area contributed by atoms with Crippen LogP contribution in [0.2, 0.25) is 0 Å². The first-order chi connectivity index (χ1) is 12.0. The fourth-order valence-corrected chi connectivity index (χ4v) is 2.71. The number of rotatable bonds is 3. The van der Waals surface area contributed by atoms with Crippen molar-refractivity contribution in [3.63, 3.8) is 0 Å². The predicted molar refractivity (Wildman–Crippen MR) is 89.0 cm³/mol. The highest BCUT2D eigenvalue weighted by Crippen LogP contribution is 2.30. The molecule has 1 aromatic carbocycles. The van der Waals surface area contributed by atoms with Crippen LogP contribution in [0.1, 0.15) is 20.8 Å². The number of hydrogen-bond donors (Lipinski definition) is 1. The molecule has 2 rings (SSSR count). The monoisotopic (exact) mass is 373 g/mol. The van der Waals surface area contributed by atoms with Crippen LogP contribution in [0.3, 0.4) is 0 Å². The lowest BCUT2D eigenvalue weighted by molar-refractivity contribution is -0.387. The van der Waals surface area contributed by atoms with Gasteiger partial charge in [0.2, 0.25) is 5.82 Å². The van der Waals surface area contributed by atoms with Crippen molar-refractivity contribution in [2.75, 3.05) is 31.1 Å². The molecule has 0 spiro atoms. The van der Waals surface area contributed by atoms with E-state index in [0.29, 0.717) is 6.07 Å². The minimum atomic E-state index is -1.17. The molecule has 0 aromatic heterocycles. The number of nitrogens with zero attached hydrogens (tertiary/aromatic N) is 3. The molecule has 1 unspecified atom stereocenters. The number of nitro groups is 1. The van der Waals surface area contributed by atoms with E-state index in [0.717, 1.165) is 6.07 Å². The number of halogens is 2. The molecule has 8 nitrogen and oxygen atoms in total. The van der Waals surface area contributed by atoms with Crippen LogP contribution >= 0.6 is 0 Å². The first kappa shape index (κ1) is 19.8. The lowest BCUT2D eigenvalue weighted by Crippen LogP contribution is -2.57. The Kier molecular flexibility index (Phi) is 5.65. The maximum Gasteiger partial charge on any atom is 0.410 e. The van der Waals surface area contributed by atoms with Gasteiger partial charge >= 0.3 is 11.8 Å². The molecule has 0 radical (unpaired) electrons. The Bertz CT molecular complexity index is 708. The number of ether oxygens (including phenoxy) is 1. The van der Waals surface area contributed by atoms with Crippen LogP contribution < -0.4 is 4.90 Å². The lowest BCUT2D eigenvalue weighted by Gasteiger charge is -2.42. The summed E-state index contributed by atoms with van der Waals surface area (Å²) in [7, 11) is 0. The number of benzene rings is 1. The Balaban J connectivity index is 2.21. The van der Waals surface area contributed by atoms with Crippen LogP contribution in [0.5, 0.6) is 0 Å². The molecule has 1 aliphatic rings. The van der Waals surface area contributed by atoms with E-state index in [1.54, 1.807) is 20.8 Å². The van der Waals surface area contributed by atoms with Crippen LogP contribution in [0.25, 0.3) is 0 Å². The highest BCUT2D eigenvalue weighted by atomic mass is 19.1. The zero-order valence-electron chi connectivity index (χ0n) is 14.7. The van der Waals surface area contributed by atoms with Gasteiger partial charge in [-0.15, -0.1) is 0 Å². The molecule has 0 saturated carbocycles. The molecule has 1 heterocycles. The summed E-state index contributed by atoms with van der Waals surface area (Å²) in [6, 6.07) is 0.546. The molecule has 0 bridgehead atoms. The van der Waals surface area contributed by atoms with Gasteiger partial charge in [-0.25, -0.2) is 9.18 Å². The third-order valence-corrected chi connectivity index (χ3v) is 3.87. The molecule has 26 heavy (non-hydrogen) atoms. The lowest BCUT2D eigenvalue weighted by atomic mass is 10.1. The van der Waals surface area contributed by atoms with Gasteiger partial charge in [0.1, 0.15) is 5.60 Å². The number of aliphatic hydroxyl groups excluding tert-OH is 1. The molecular formula is C16H21F2N3O5. The largest absolute Gasteiger partial charge is 0.444 e. The normalized spacial score (nSPS) is 18.0. The first-order valence-corrected chi connectivity index (χ1v) is 8.02. The Labute approximate surface area is 149 Å². The SMILES string of the molecule is CC(C)(C)OC(=O)N1CCN(c2cc(F)c([N+](=O)[O-])cc2F)C(CO)C1. The molecule has 1 aromatic rings. The van der Waals surface area contributed by atoms with Crippen molar-refractivity contribution < 1.29 is 28.3 Å². The average molecular weight is 373 g/mol. The summed E-state index contributed by atoms with van der Waals surface area (Å²) >= 11 is 0. The van der Waals surface area contributed by atoms with E-state index in [4.69, 9.17) is 4.74 Å². The van der Waals surface area contributed by atoms with Gasteiger partial charge in [-0.1, -0.05) is 0 Å². The molecule has 0 aliphatic carbocycles. The summed E-state index contributed by atoms with van der Waals surface area (Å²) in [5.41, 5.74) is -1.84. The number of piperazine rings is 1. The highest BCUT2D eigenvalue weighted by Gasteiger charge is 2.34. The fraction of sp³-hybridized carbons (Fsp3) is 0.562. The second-order valence-corrected chi connectivity index (χ2v) is 6.97. The van der Waals surface area contributed by atoms with Crippen molar-refractivity contribution in [2.45, 2.75) is 32.4 Å². The highest BCUT2D eigenvalue weighted by molar-refractivity contribution is 5.69. The standard InChI is InChI=1S/C16H21F2N3O5/c1-16(2,3)26-15(23)19-4-5-20(10(8-19)9-22)13-6-12(18)14(21(24)25)7-11(13)17/h6-7,10,22H,4-5,8-9H2,1-3H3. The van der Waals surface area contributed by atoms with Crippen molar-refractivity contribution in [3.05, 3.63) is 33.9 Å². The summed E-state index contributed by atoms with van der Waals surface area (Å²) in [5, 5.41) is 20.3. The fourth-order valence-electron chi connectivity index (χ4n) is 2.71. The minimum absolute atomic E-state index is 0.0451. The van der Waals surface area contributed by atoms with Crippen LogP contribution in [-0.2, 0) is 4.74 Å². The molecule has 1 N–H and O–H groups in total. The molecule has 1 saturated heterocycles. The van der Waals surface area contributed by atoms with Gasteiger partial charge < -0.3 is 19.6 Å². The molecule has 144 valence electrons. The van der Waals surface area contributed by atoms with E-state index in [1.807, 2.05) is 0 Å². The van der Waals surface area contributed by atoms with E-state index in [1.165, 1.54) is 9.80 Å². The molecule has 1 amide bonds. The van der Waals surface area contributed by atoms with Crippen LogP contribution in [-0.4, -0.2) is 58.9 Å². The smallest absolute Gasteiger partial charge is 0.410 e. The second kappa shape index (κ2) is 7.40. The number of nitro benzene ring substituents is 1. The molecule has 1 fully saturated rings. The third-order valence-electron chi connectivity index (χ3n) is 3.87. The van der Waals surface area contributed by atoms with Crippen LogP contribution in [0, 0.1) is 21.7 Å². The van der Waals surface area contributed by atoms with Crippen molar-refractivity contribution in [2.24, 2.45) is 0 Å². The van der Waals surface area contributed by atoms with Gasteiger partial charge in [0.25, 0.3) is 0 Å². The number of hydrogen-bond acceptors (Lipinski definition) is 6. The van der Waals surface area contributed by atoms with Gasteiger partial charge in [0.15, 0.2) is 5.82 Å². The summed E-state index contributed by atoms with van der Waals surface area (Å²) < 4.78 is 33.4. The van der Waals surface area contributed by atoms with Gasteiger partial charge in [0, 0.05) is 25.7 Å². The number of amides is 1. The number of anilines is 1. The van der Waals surface area contributed by atoms with Crippen molar-refractivity contribution in [1.29, 1.82) is 0 Å². The Morgan fingerprint density at radius 1 is 1.35 bits per heavy atom. The predicted octanol–water partition coefficient (Wildman–Crippen LogP) is 2.29. The van der Waals surface area contributed by atoms with E-state index in [-0.39, 0.29) is 25.3 Å². The quantitative estimate of drug-likeness (QED) is 0.645. The summed E-state index contributed by atoms with van der Waals surface area (Å²) in [5.74, 6) is -2.14. The van der Waals surface area contributed by atoms with E-state index in [2.05, 4.69) is 0 Å². The molecule has 10 heteroatoms.